The number of hydrogen-bond acceptors (Lipinski definition) is 6. The number of nitrogens with zero attached hydrogens (tertiary/aromatic N) is 1. The Balaban J connectivity index is 1.23. The molecule has 5 aromatic rings. The van der Waals surface area contributed by atoms with Crippen molar-refractivity contribution in [2.45, 2.75) is 0 Å². The standard InChI is InChI=1S/C30H20ClN3O5/c31-22-11-6-10-21-26(18-7-2-1-3-8-18)28(33-27(21)22)29(35)34-32-16-20-9-4-5-12-23(20)39-30(36)19-13-14-24-25(15-19)38-17-37-24/h1-16,33H,17H2,(H,34,35). The third-order valence-electron chi connectivity index (χ3n) is 6.17. The van der Waals surface area contributed by atoms with Crippen LogP contribution in [0.25, 0.3) is 22.0 Å². The highest BCUT2D eigenvalue weighted by Gasteiger charge is 2.21. The third kappa shape index (κ3) is 4.81. The van der Waals surface area contributed by atoms with E-state index in [9.17, 15) is 9.59 Å². The summed E-state index contributed by atoms with van der Waals surface area (Å²) in [6.07, 6.45) is 1.41. The number of benzene rings is 4. The number of para-hydroxylation sites is 2. The highest BCUT2D eigenvalue weighted by atomic mass is 35.5. The number of amides is 1. The van der Waals surface area contributed by atoms with Crippen molar-refractivity contribution in [3.8, 4) is 28.4 Å². The van der Waals surface area contributed by atoms with Gasteiger partial charge in [-0.25, -0.2) is 10.2 Å². The number of nitrogens with one attached hydrogen (secondary N) is 2. The van der Waals surface area contributed by atoms with Crippen LogP contribution in [-0.2, 0) is 0 Å². The molecule has 1 aliphatic heterocycles. The molecule has 192 valence electrons. The number of aromatic amines is 1. The summed E-state index contributed by atoms with van der Waals surface area (Å²) in [5.41, 5.74) is 5.94. The maximum atomic E-state index is 13.2. The molecule has 1 aliphatic rings. The first-order valence-electron chi connectivity index (χ1n) is 12.0. The molecule has 39 heavy (non-hydrogen) atoms. The average molecular weight is 538 g/mol. The molecule has 1 aromatic heterocycles. The van der Waals surface area contributed by atoms with Gasteiger partial charge >= 0.3 is 5.97 Å². The minimum absolute atomic E-state index is 0.108. The van der Waals surface area contributed by atoms with Crippen molar-refractivity contribution in [1.29, 1.82) is 0 Å². The second kappa shape index (κ2) is 10.4. The van der Waals surface area contributed by atoms with E-state index in [2.05, 4.69) is 15.5 Å². The number of fused-ring (bicyclic) bond motifs is 2. The first-order chi connectivity index (χ1) is 19.1. The van der Waals surface area contributed by atoms with Crippen LogP contribution in [0.4, 0.5) is 0 Å². The highest BCUT2D eigenvalue weighted by molar-refractivity contribution is 6.36. The van der Waals surface area contributed by atoms with Crippen molar-refractivity contribution in [1.82, 2.24) is 10.4 Å². The molecular weight excluding hydrogens is 518 g/mol. The number of ether oxygens (including phenoxy) is 3. The molecule has 0 fully saturated rings. The summed E-state index contributed by atoms with van der Waals surface area (Å²) in [5, 5.41) is 5.46. The number of H-pyrrole nitrogens is 1. The second-order valence-corrected chi connectivity index (χ2v) is 9.01. The predicted octanol–water partition coefficient (Wildman–Crippen LogP) is 6.20. The quantitative estimate of drug-likeness (QED) is 0.116. The van der Waals surface area contributed by atoms with Gasteiger partial charge in [0.15, 0.2) is 11.5 Å². The lowest BCUT2D eigenvalue weighted by atomic mass is 10.0. The number of carbonyl (C=O) groups excluding carboxylic acids is 2. The van der Waals surface area contributed by atoms with Crippen LogP contribution in [0.2, 0.25) is 5.02 Å². The zero-order valence-corrected chi connectivity index (χ0v) is 21.1. The summed E-state index contributed by atoms with van der Waals surface area (Å²) < 4.78 is 16.2. The van der Waals surface area contributed by atoms with Gasteiger partial charge in [-0.2, -0.15) is 5.10 Å². The Kier molecular flexibility index (Phi) is 6.44. The van der Waals surface area contributed by atoms with Crippen molar-refractivity contribution >= 4 is 40.6 Å². The number of hydrogen-bond donors (Lipinski definition) is 2. The number of hydrazone groups is 1. The molecule has 0 spiro atoms. The predicted molar refractivity (Wildman–Crippen MR) is 148 cm³/mol. The number of aromatic nitrogens is 1. The van der Waals surface area contributed by atoms with Gasteiger partial charge in [0.2, 0.25) is 6.79 Å². The maximum Gasteiger partial charge on any atom is 0.343 e. The van der Waals surface area contributed by atoms with Gasteiger partial charge in [0.1, 0.15) is 11.4 Å². The summed E-state index contributed by atoms with van der Waals surface area (Å²) in [6, 6.07) is 26.8. The first-order valence-corrected chi connectivity index (χ1v) is 12.4. The SMILES string of the molecule is O=C(Oc1ccccc1C=NNC(=O)c1[nH]c2c(Cl)cccc2c1-c1ccccc1)c1ccc2c(c1)OCO2. The van der Waals surface area contributed by atoms with E-state index in [0.717, 1.165) is 16.5 Å². The molecule has 0 bridgehead atoms. The Morgan fingerprint density at radius 1 is 0.923 bits per heavy atom. The average Bonchev–Trinajstić information content (AvgIpc) is 3.59. The van der Waals surface area contributed by atoms with Crippen molar-refractivity contribution in [2.75, 3.05) is 6.79 Å². The Morgan fingerprint density at radius 3 is 2.59 bits per heavy atom. The van der Waals surface area contributed by atoms with E-state index in [1.54, 1.807) is 48.5 Å². The molecule has 2 N–H and O–H groups in total. The Morgan fingerprint density at radius 2 is 1.72 bits per heavy atom. The van der Waals surface area contributed by atoms with Gasteiger partial charge in [-0.15, -0.1) is 0 Å². The van der Waals surface area contributed by atoms with Gasteiger partial charge in [0.05, 0.1) is 22.3 Å². The molecule has 0 saturated heterocycles. The van der Waals surface area contributed by atoms with Crippen LogP contribution in [0.5, 0.6) is 17.2 Å². The van der Waals surface area contributed by atoms with Gasteiger partial charge in [-0.1, -0.05) is 66.2 Å². The fourth-order valence-corrected chi connectivity index (χ4v) is 4.56. The zero-order chi connectivity index (χ0) is 26.8. The van der Waals surface area contributed by atoms with E-state index < -0.39 is 11.9 Å². The van der Waals surface area contributed by atoms with Gasteiger partial charge in [-0.3, -0.25) is 4.79 Å². The number of halogens is 1. The molecule has 8 nitrogen and oxygen atoms in total. The van der Waals surface area contributed by atoms with E-state index in [4.69, 9.17) is 25.8 Å². The Hall–Kier alpha value is -5.08. The van der Waals surface area contributed by atoms with Crippen LogP contribution in [0.1, 0.15) is 26.4 Å². The van der Waals surface area contributed by atoms with Crippen LogP contribution in [-0.4, -0.2) is 29.9 Å². The largest absolute Gasteiger partial charge is 0.454 e. The molecule has 2 heterocycles. The molecule has 1 amide bonds. The lowest BCUT2D eigenvalue weighted by Crippen LogP contribution is -2.19. The fourth-order valence-electron chi connectivity index (χ4n) is 4.34. The Bertz CT molecular complexity index is 1750. The van der Waals surface area contributed by atoms with E-state index in [0.29, 0.717) is 38.9 Å². The zero-order valence-electron chi connectivity index (χ0n) is 20.3. The molecule has 4 aromatic carbocycles. The summed E-state index contributed by atoms with van der Waals surface area (Å²) in [6.45, 7) is 0.108. The number of rotatable bonds is 6. The van der Waals surface area contributed by atoms with Crippen molar-refractivity contribution in [3.63, 3.8) is 0 Å². The van der Waals surface area contributed by atoms with Crippen LogP contribution < -0.4 is 19.6 Å². The monoisotopic (exact) mass is 537 g/mol. The minimum atomic E-state index is -0.569. The van der Waals surface area contributed by atoms with Gasteiger partial charge in [-0.05, 0) is 42.0 Å². The van der Waals surface area contributed by atoms with Crippen LogP contribution >= 0.6 is 11.6 Å². The highest BCUT2D eigenvalue weighted by Crippen LogP contribution is 2.36. The fraction of sp³-hybridized carbons (Fsp3) is 0.0333. The lowest BCUT2D eigenvalue weighted by molar-refractivity contribution is 0.0733. The lowest BCUT2D eigenvalue weighted by Gasteiger charge is -2.08. The van der Waals surface area contributed by atoms with E-state index in [1.165, 1.54) is 6.21 Å². The molecule has 0 unspecified atom stereocenters. The van der Waals surface area contributed by atoms with Gasteiger partial charge < -0.3 is 19.2 Å². The molecule has 0 aliphatic carbocycles. The van der Waals surface area contributed by atoms with Crippen molar-refractivity contribution in [2.24, 2.45) is 5.10 Å². The molecule has 0 radical (unpaired) electrons. The Labute approximate surface area is 227 Å². The molecule has 0 saturated carbocycles. The van der Waals surface area contributed by atoms with E-state index >= 15 is 0 Å². The summed E-state index contributed by atoms with van der Waals surface area (Å²) >= 11 is 6.40. The summed E-state index contributed by atoms with van der Waals surface area (Å²) in [5.74, 6) is 0.311. The number of carbonyl (C=O) groups is 2. The molecule has 9 heteroatoms. The molecule has 0 atom stereocenters. The van der Waals surface area contributed by atoms with Gasteiger partial charge in [0, 0.05) is 16.5 Å². The smallest absolute Gasteiger partial charge is 0.343 e. The summed E-state index contributed by atoms with van der Waals surface area (Å²) in [7, 11) is 0. The van der Waals surface area contributed by atoms with Crippen molar-refractivity contribution < 1.29 is 23.8 Å². The second-order valence-electron chi connectivity index (χ2n) is 8.60. The van der Waals surface area contributed by atoms with E-state index in [1.807, 2.05) is 42.5 Å². The van der Waals surface area contributed by atoms with Crippen LogP contribution in [0, 0.1) is 0 Å². The van der Waals surface area contributed by atoms with Crippen LogP contribution in [0.3, 0.4) is 0 Å². The third-order valence-corrected chi connectivity index (χ3v) is 6.49. The maximum absolute atomic E-state index is 13.2. The topological polar surface area (TPSA) is 102 Å². The number of esters is 1. The normalized spacial score (nSPS) is 12.1. The van der Waals surface area contributed by atoms with E-state index in [-0.39, 0.29) is 12.5 Å². The van der Waals surface area contributed by atoms with Gasteiger partial charge in [0.25, 0.3) is 5.91 Å². The van der Waals surface area contributed by atoms with Crippen LogP contribution in [0.15, 0.2) is 96.1 Å². The minimum Gasteiger partial charge on any atom is -0.454 e. The van der Waals surface area contributed by atoms with Crippen molar-refractivity contribution in [3.05, 3.63) is 113 Å². The molecule has 6 rings (SSSR count). The summed E-state index contributed by atoms with van der Waals surface area (Å²) in [4.78, 5) is 29.2. The first kappa shape index (κ1) is 24.3. The molecular formula is C30H20ClN3O5.